The summed E-state index contributed by atoms with van der Waals surface area (Å²) in [4.78, 5) is 2.58. The lowest BCUT2D eigenvalue weighted by Gasteiger charge is -2.43. The smallest absolute Gasteiger partial charge is 0.261 e. The molecular formula is C24H35NOSi. The van der Waals surface area contributed by atoms with Crippen LogP contribution in [0.25, 0.3) is 0 Å². The van der Waals surface area contributed by atoms with Crippen molar-refractivity contribution in [3.05, 3.63) is 60.7 Å². The molecule has 3 rings (SSSR count). The highest BCUT2D eigenvalue weighted by Gasteiger charge is 2.50. The number of hydrogen-bond acceptors (Lipinski definition) is 2. The number of benzene rings is 2. The molecular weight excluding hydrogens is 346 g/mol. The molecule has 1 aliphatic heterocycles. The molecule has 1 unspecified atom stereocenters. The molecule has 1 heterocycles. The molecule has 2 aromatic rings. The van der Waals surface area contributed by atoms with Gasteiger partial charge in [-0.3, -0.25) is 4.90 Å². The van der Waals surface area contributed by atoms with E-state index in [4.69, 9.17) is 4.43 Å². The maximum Gasteiger partial charge on any atom is 0.261 e. The molecule has 2 aromatic carbocycles. The molecule has 0 radical (unpaired) electrons. The van der Waals surface area contributed by atoms with E-state index in [0.29, 0.717) is 0 Å². The van der Waals surface area contributed by atoms with Gasteiger partial charge in [0.1, 0.15) is 0 Å². The van der Waals surface area contributed by atoms with Crippen LogP contribution in [0, 0.1) is 0 Å². The van der Waals surface area contributed by atoms with Crippen molar-refractivity contribution in [1.29, 1.82) is 0 Å². The van der Waals surface area contributed by atoms with Crippen LogP contribution in [0.3, 0.4) is 0 Å². The largest absolute Gasteiger partial charge is 0.406 e. The van der Waals surface area contributed by atoms with Crippen LogP contribution in [0.5, 0.6) is 0 Å². The van der Waals surface area contributed by atoms with Crippen LogP contribution in [-0.4, -0.2) is 39.0 Å². The molecule has 1 fully saturated rings. The Morgan fingerprint density at radius 2 is 1.52 bits per heavy atom. The first-order valence-electron chi connectivity index (χ1n) is 10.5. The highest BCUT2D eigenvalue weighted by atomic mass is 28.4. The zero-order valence-electron chi connectivity index (χ0n) is 17.4. The Kier molecular flexibility index (Phi) is 6.56. The summed E-state index contributed by atoms with van der Waals surface area (Å²) < 4.78 is 6.97. The molecule has 3 heteroatoms. The summed E-state index contributed by atoms with van der Waals surface area (Å²) in [6, 6.07) is 22.7. The maximum absolute atomic E-state index is 6.97. The standard InChI is InChI=1S/C24H35NOSi/c1-5-6-13-21-20-25(21)18-19-26-27(24(2,3)4,22-14-9-7-10-15-22)23-16-11-8-12-17-23/h7-12,14-17,21H,5-6,13,18-20H2,1-4H3/t21-,25?/m1/s1. The van der Waals surface area contributed by atoms with E-state index in [9.17, 15) is 0 Å². The molecule has 27 heavy (non-hydrogen) atoms. The van der Waals surface area contributed by atoms with Crippen molar-refractivity contribution in [2.75, 3.05) is 19.7 Å². The quantitative estimate of drug-likeness (QED) is 0.470. The lowest BCUT2D eigenvalue weighted by molar-refractivity contribution is 0.269. The Morgan fingerprint density at radius 3 is 2.00 bits per heavy atom. The monoisotopic (exact) mass is 381 g/mol. The van der Waals surface area contributed by atoms with Gasteiger partial charge in [0, 0.05) is 25.7 Å². The second-order valence-corrected chi connectivity index (χ2v) is 13.1. The average Bonchev–Trinajstić information content (AvgIpc) is 3.42. The first-order chi connectivity index (χ1) is 13.0. The van der Waals surface area contributed by atoms with Crippen LogP contribution >= 0.6 is 0 Å². The molecule has 0 spiro atoms. The zero-order valence-corrected chi connectivity index (χ0v) is 18.4. The van der Waals surface area contributed by atoms with Crippen LogP contribution < -0.4 is 10.4 Å². The number of unbranched alkanes of at least 4 members (excludes halogenated alkanes) is 1. The topological polar surface area (TPSA) is 12.2 Å². The summed E-state index contributed by atoms with van der Waals surface area (Å²) in [6.45, 7) is 12.4. The van der Waals surface area contributed by atoms with E-state index in [1.165, 1.54) is 36.2 Å². The van der Waals surface area contributed by atoms with Gasteiger partial charge in [0.15, 0.2) is 0 Å². The molecule has 0 aromatic heterocycles. The SMILES string of the molecule is CCCC[C@@H]1CN1CCO[Si](c1ccccc1)(c1ccccc1)C(C)(C)C. The van der Waals surface area contributed by atoms with Crippen molar-refractivity contribution in [3.63, 3.8) is 0 Å². The van der Waals surface area contributed by atoms with E-state index in [0.717, 1.165) is 19.2 Å². The van der Waals surface area contributed by atoms with E-state index < -0.39 is 8.32 Å². The molecule has 0 saturated carbocycles. The van der Waals surface area contributed by atoms with Gasteiger partial charge in [-0.1, -0.05) is 101 Å². The van der Waals surface area contributed by atoms with E-state index in [1.807, 2.05) is 0 Å². The Morgan fingerprint density at radius 1 is 0.963 bits per heavy atom. The first kappa shape index (κ1) is 20.3. The van der Waals surface area contributed by atoms with Gasteiger partial charge >= 0.3 is 0 Å². The third-order valence-electron chi connectivity index (χ3n) is 5.83. The fourth-order valence-corrected chi connectivity index (χ4v) is 8.84. The van der Waals surface area contributed by atoms with Crippen LogP contribution in [0.4, 0.5) is 0 Å². The van der Waals surface area contributed by atoms with Crippen molar-refractivity contribution in [2.45, 2.75) is 58.0 Å². The summed E-state index contributed by atoms with van der Waals surface area (Å²) in [5.74, 6) is 0. The second kappa shape index (κ2) is 8.72. The third-order valence-corrected chi connectivity index (χ3v) is 10.9. The predicted molar refractivity (Wildman–Crippen MR) is 118 cm³/mol. The van der Waals surface area contributed by atoms with Gasteiger partial charge in [-0.2, -0.15) is 0 Å². The van der Waals surface area contributed by atoms with Gasteiger partial charge in [0.25, 0.3) is 8.32 Å². The molecule has 2 atom stereocenters. The predicted octanol–water partition coefficient (Wildman–Crippen LogP) is 4.44. The highest BCUT2D eigenvalue weighted by molar-refractivity contribution is 6.99. The molecule has 0 aliphatic carbocycles. The van der Waals surface area contributed by atoms with Crippen molar-refractivity contribution in [3.8, 4) is 0 Å². The van der Waals surface area contributed by atoms with Crippen molar-refractivity contribution >= 4 is 18.7 Å². The van der Waals surface area contributed by atoms with Gasteiger partial charge in [0.05, 0.1) is 0 Å². The summed E-state index contributed by atoms with van der Waals surface area (Å²) in [7, 11) is -2.36. The van der Waals surface area contributed by atoms with Gasteiger partial charge in [-0.15, -0.1) is 0 Å². The summed E-state index contributed by atoms with van der Waals surface area (Å²) in [6.07, 6.45) is 3.98. The Bertz CT molecular complexity index is 656. The number of rotatable bonds is 9. The van der Waals surface area contributed by atoms with Gasteiger partial charge in [0.2, 0.25) is 0 Å². The van der Waals surface area contributed by atoms with Gasteiger partial charge in [-0.25, -0.2) is 0 Å². The van der Waals surface area contributed by atoms with Crippen LogP contribution in [0.15, 0.2) is 60.7 Å². The van der Waals surface area contributed by atoms with Crippen LogP contribution in [0.2, 0.25) is 5.04 Å². The Labute approximate surface area is 166 Å². The van der Waals surface area contributed by atoms with Crippen molar-refractivity contribution < 1.29 is 4.43 Å². The van der Waals surface area contributed by atoms with E-state index in [1.54, 1.807) is 0 Å². The molecule has 0 bridgehead atoms. The van der Waals surface area contributed by atoms with Gasteiger partial charge in [-0.05, 0) is 21.8 Å². The Hall–Kier alpha value is -1.42. The fourth-order valence-electron chi connectivity index (χ4n) is 4.29. The van der Waals surface area contributed by atoms with Crippen molar-refractivity contribution in [2.24, 2.45) is 0 Å². The normalized spacial score (nSPS) is 19.9. The summed E-state index contributed by atoms with van der Waals surface area (Å²) in [5, 5.41) is 2.81. The fraction of sp³-hybridized carbons (Fsp3) is 0.500. The lowest BCUT2D eigenvalue weighted by Crippen LogP contribution is -2.66. The minimum absolute atomic E-state index is 0.0657. The van der Waals surface area contributed by atoms with Crippen molar-refractivity contribution in [1.82, 2.24) is 4.90 Å². The average molecular weight is 382 g/mol. The molecule has 0 amide bonds. The summed E-state index contributed by atoms with van der Waals surface area (Å²) >= 11 is 0. The lowest BCUT2D eigenvalue weighted by atomic mass is 10.2. The molecule has 1 saturated heterocycles. The zero-order chi connectivity index (χ0) is 19.3. The number of hydrogen-bond donors (Lipinski definition) is 0. The minimum Gasteiger partial charge on any atom is -0.406 e. The highest BCUT2D eigenvalue weighted by Crippen LogP contribution is 2.36. The second-order valence-electron chi connectivity index (χ2n) is 8.80. The molecule has 2 nitrogen and oxygen atoms in total. The minimum atomic E-state index is -2.36. The molecule has 1 aliphatic rings. The van der Waals surface area contributed by atoms with E-state index >= 15 is 0 Å². The molecule has 146 valence electrons. The first-order valence-corrected chi connectivity index (χ1v) is 12.4. The Balaban J connectivity index is 1.82. The van der Waals surface area contributed by atoms with E-state index in [2.05, 4.69) is 93.3 Å². The molecule has 0 N–H and O–H groups in total. The third kappa shape index (κ3) is 4.53. The maximum atomic E-state index is 6.97. The van der Waals surface area contributed by atoms with Gasteiger partial charge < -0.3 is 4.43 Å². The van der Waals surface area contributed by atoms with E-state index in [-0.39, 0.29) is 5.04 Å². The van der Waals surface area contributed by atoms with Crippen LogP contribution in [-0.2, 0) is 4.43 Å². The van der Waals surface area contributed by atoms with Crippen LogP contribution in [0.1, 0.15) is 47.0 Å². The summed E-state index contributed by atoms with van der Waals surface area (Å²) in [5.41, 5.74) is 0. The number of nitrogens with zero attached hydrogens (tertiary/aromatic N) is 1.